The Hall–Kier alpha value is -2.14. The number of aryl methyl sites for hydroxylation is 1. The number of oxazole rings is 1. The van der Waals surface area contributed by atoms with Crippen LogP contribution < -0.4 is 0 Å². The Morgan fingerprint density at radius 2 is 1.88 bits per heavy atom. The Labute approximate surface area is 158 Å². The Bertz CT molecular complexity index is 909. The number of hydrogen-bond acceptors (Lipinski definition) is 4. The van der Waals surface area contributed by atoms with E-state index in [1.54, 1.807) is 0 Å². The first-order valence-corrected chi connectivity index (χ1v) is 9.14. The first-order chi connectivity index (χ1) is 12.5. The zero-order chi connectivity index (χ0) is 18.1. The molecule has 4 nitrogen and oxygen atoms in total. The maximum Gasteiger partial charge on any atom is 0.228 e. The van der Waals surface area contributed by atoms with Crippen LogP contribution in [-0.2, 0) is 12.1 Å². The van der Waals surface area contributed by atoms with Gasteiger partial charge >= 0.3 is 0 Å². The van der Waals surface area contributed by atoms with Gasteiger partial charge in [0.1, 0.15) is 11.4 Å². The largest absolute Gasteiger partial charge is 0.441 e. The molecule has 1 aromatic heterocycles. The smallest absolute Gasteiger partial charge is 0.228 e. The van der Waals surface area contributed by atoms with Gasteiger partial charge in [0.2, 0.25) is 5.89 Å². The first-order valence-electron chi connectivity index (χ1n) is 8.77. The second-order valence-corrected chi connectivity index (χ2v) is 7.27. The summed E-state index contributed by atoms with van der Waals surface area (Å²) < 4.78 is 5.84. The maximum absolute atomic E-state index is 11.0. The van der Waals surface area contributed by atoms with Crippen molar-refractivity contribution in [3.05, 3.63) is 76.6 Å². The van der Waals surface area contributed by atoms with Gasteiger partial charge in [0.25, 0.3) is 0 Å². The lowest BCUT2D eigenvalue weighted by Gasteiger charge is -2.23. The topological polar surface area (TPSA) is 49.5 Å². The second kappa shape index (κ2) is 6.88. The molecular weight excluding hydrogens is 348 g/mol. The third-order valence-electron chi connectivity index (χ3n) is 5.01. The van der Waals surface area contributed by atoms with Crippen molar-refractivity contribution < 1.29 is 9.52 Å². The Morgan fingerprint density at radius 1 is 1.15 bits per heavy atom. The van der Waals surface area contributed by atoms with E-state index < -0.39 is 5.60 Å². The molecule has 2 heterocycles. The first kappa shape index (κ1) is 17.3. The molecule has 0 bridgehead atoms. The molecule has 2 aromatic carbocycles. The summed E-state index contributed by atoms with van der Waals surface area (Å²) in [5, 5.41) is 11.6. The van der Waals surface area contributed by atoms with Crippen molar-refractivity contribution in [1.82, 2.24) is 9.88 Å². The SMILES string of the molecule is Cc1oc(-c2ccccc2Cl)nc1CN1CC[C@@](O)(c2ccccc2)C1. The molecule has 1 aliphatic heterocycles. The van der Waals surface area contributed by atoms with Crippen LogP contribution in [0.2, 0.25) is 5.02 Å². The fourth-order valence-corrected chi connectivity index (χ4v) is 3.74. The van der Waals surface area contributed by atoms with E-state index in [2.05, 4.69) is 9.88 Å². The summed E-state index contributed by atoms with van der Waals surface area (Å²) in [6.07, 6.45) is 0.714. The van der Waals surface area contributed by atoms with Crippen LogP contribution in [0.3, 0.4) is 0 Å². The summed E-state index contributed by atoms with van der Waals surface area (Å²) in [7, 11) is 0. The van der Waals surface area contributed by atoms with Crippen LogP contribution in [0.1, 0.15) is 23.4 Å². The predicted molar refractivity (Wildman–Crippen MR) is 102 cm³/mol. The summed E-state index contributed by atoms with van der Waals surface area (Å²) >= 11 is 6.25. The van der Waals surface area contributed by atoms with Crippen LogP contribution in [0.4, 0.5) is 0 Å². The van der Waals surface area contributed by atoms with Gasteiger partial charge in [0, 0.05) is 19.6 Å². The number of β-amino-alcohol motifs (C(OH)–C–C–N with tert-alkyl or cyclic N) is 1. The van der Waals surface area contributed by atoms with Crippen LogP contribution in [0.25, 0.3) is 11.5 Å². The molecule has 134 valence electrons. The van der Waals surface area contributed by atoms with Crippen molar-refractivity contribution in [2.24, 2.45) is 0 Å². The van der Waals surface area contributed by atoms with Crippen molar-refractivity contribution in [3.8, 4) is 11.5 Å². The lowest BCUT2D eigenvalue weighted by molar-refractivity contribution is 0.0451. The van der Waals surface area contributed by atoms with Gasteiger partial charge in [-0.25, -0.2) is 4.98 Å². The normalized spacial score (nSPS) is 20.6. The predicted octanol–water partition coefficient (Wildman–Crippen LogP) is 4.40. The minimum atomic E-state index is -0.801. The lowest BCUT2D eigenvalue weighted by Crippen LogP contribution is -2.30. The van der Waals surface area contributed by atoms with E-state index in [0.717, 1.165) is 29.1 Å². The zero-order valence-electron chi connectivity index (χ0n) is 14.7. The van der Waals surface area contributed by atoms with E-state index in [9.17, 15) is 5.11 Å². The van der Waals surface area contributed by atoms with Crippen LogP contribution in [0, 0.1) is 6.92 Å². The van der Waals surface area contributed by atoms with Crippen molar-refractivity contribution in [2.75, 3.05) is 13.1 Å². The van der Waals surface area contributed by atoms with Crippen LogP contribution in [0.15, 0.2) is 59.0 Å². The Morgan fingerprint density at radius 3 is 2.65 bits per heavy atom. The number of halogens is 1. The maximum atomic E-state index is 11.0. The van der Waals surface area contributed by atoms with E-state index in [1.165, 1.54) is 0 Å². The highest BCUT2D eigenvalue weighted by Crippen LogP contribution is 2.34. The minimum Gasteiger partial charge on any atom is -0.441 e. The molecule has 0 amide bonds. The van der Waals surface area contributed by atoms with E-state index in [4.69, 9.17) is 16.0 Å². The van der Waals surface area contributed by atoms with Gasteiger partial charge < -0.3 is 9.52 Å². The molecule has 1 fully saturated rings. The van der Waals surface area contributed by atoms with Gasteiger partial charge in [-0.15, -0.1) is 0 Å². The molecule has 4 rings (SSSR count). The summed E-state index contributed by atoms with van der Waals surface area (Å²) in [6.45, 7) is 3.97. The molecule has 1 aliphatic rings. The average Bonchev–Trinajstić information content (AvgIpc) is 3.20. The van der Waals surface area contributed by atoms with Crippen molar-refractivity contribution in [3.63, 3.8) is 0 Å². The highest BCUT2D eigenvalue weighted by atomic mass is 35.5. The van der Waals surface area contributed by atoms with Gasteiger partial charge in [-0.3, -0.25) is 4.90 Å². The molecule has 1 saturated heterocycles. The molecule has 0 spiro atoms. The molecule has 26 heavy (non-hydrogen) atoms. The number of aliphatic hydroxyl groups is 1. The molecule has 1 N–H and O–H groups in total. The van der Waals surface area contributed by atoms with E-state index in [-0.39, 0.29) is 0 Å². The highest BCUT2D eigenvalue weighted by molar-refractivity contribution is 6.33. The van der Waals surface area contributed by atoms with Crippen molar-refractivity contribution >= 4 is 11.6 Å². The third-order valence-corrected chi connectivity index (χ3v) is 5.34. The summed E-state index contributed by atoms with van der Waals surface area (Å²) in [4.78, 5) is 6.87. The fourth-order valence-electron chi connectivity index (χ4n) is 3.53. The standard InChI is InChI=1S/C21H21ClN2O2/c1-15-19(23-20(26-15)17-9-5-6-10-18(17)22)13-24-12-11-21(25,14-24)16-7-3-2-4-8-16/h2-10,25H,11-14H2,1H3/t21-/m0/s1. The number of likely N-dealkylation sites (tertiary alicyclic amines) is 1. The molecule has 0 aliphatic carbocycles. The number of aromatic nitrogens is 1. The fraction of sp³-hybridized carbons (Fsp3) is 0.286. The van der Waals surface area contributed by atoms with E-state index in [1.807, 2.05) is 61.5 Å². The molecule has 0 saturated carbocycles. The molecule has 3 aromatic rings. The Balaban J connectivity index is 1.52. The van der Waals surface area contributed by atoms with Gasteiger partial charge in [-0.1, -0.05) is 54.1 Å². The third kappa shape index (κ3) is 3.28. The Kier molecular flexibility index (Phi) is 4.57. The van der Waals surface area contributed by atoms with Crippen molar-refractivity contribution in [2.45, 2.75) is 25.5 Å². The number of nitrogens with zero attached hydrogens (tertiary/aromatic N) is 2. The van der Waals surface area contributed by atoms with Crippen LogP contribution in [0.5, 0.6) is 0 Å². The molecule has 0 radical (unpaired) electrons. The van der Waals surface area contributed by atoms with Crippen molar-refractivity contribution in [1.29, 1.82) is 0 Å². The van der Waals surface area contributed by atoms with Gasteiger partial charge in [0.05, 0.1) is 16.3 Å². The van der Waals surface area contributed by atoms with E-state index >= 15 is 0 Å². The van der Waals surface area contributed by atoms with Gasteiger partial charge in [0.15, 0.2) is 0 Å². The van der Waals surface area contributed by atoms with Crippen LogP contribution >= 0.6 is 11.6 Å². The molecule has 5 heteroatoms. The monoisotopic (exact) mass is 368 g/mol. The number of benzene rings is 2. The molecule has 0 unspecified atom stereocenters. The molecule has 1 atom stereocenters. The number of rotatable bonds is 4. The lowest BCUT2D eigenvalue weighted by atomic mass is 9.93. The average molecular weight is 369 g/mol. The summed E-state index contributed by atoms with van der Waals surface area (Å²) in [6, 6.07) is 17.4. The van der Waals surface area contributed by atoms with Gasteiger partial charge in [-0.2, -0.15) is 0 Å². The number of hydrogen-bond donors (Lipinski definition) is 1. The minimum absolute atomic E-state index is 0.542. The van der Waals surface area contributed by atoms with Crippen LogP contribution in [-0.4, -0.2) is 28.1 Å². The summed E-state index contributed by atoms with van der Waals surface area (Å²) in [5.41, 5.74) is 1.85. The quantitative estimate of drug-likeness (QED) is 0.741. The van der Waals surface area contributed by atoms with E-state index in [0.29, 0.717) is 30.4 Å². The molecular formula is C21H21ClN2O2. The highest BCUT2D eigenvalue weighted by Gasteiger charge is 2.37. The van der Waals surface area contributed by atoms with Gasteiger partial charge in [-0.05, 0) is 31.0 Å². The summed E-state index contributed by atoms with van der Waals surface area (Å²) in [5.74, 6) is 1.33. The second-order valence-electron chi connectivity index (χ2n) is 6.86. The zero-order valence-corrected chi connectivity index (χ0v) is 15.4.